The molecule has 18 heavy (non-hydrogen) atoms. The maximum atomic E-state index is 4.37. The van der Waals surface area contributed by atoms with Crippen LogP contribution >= 0.6 is 20.8 Å². The summed E-state index contributed by atoms with van der Waals surface area (Å²) >= 11 is 4.37. The Bertz CT molecular complexity index is 183. The van der Waals surface area contributed by atoms with E-state index in [9.17, 15) is 0 Å². The van der Waals surface area contributed by atoms with Gasteiger partial charge in [-0.1, -0.05) is 0 Å². The predicted molar refractivity (Wildman–Crippen MR) is 94.9 cm³/mol. The third kappa shape index (κ3) is 6.90. The standard InChI is InChI=1S/C16H36BrP/c1-5-9-10-11-12-16-18(17,13-6-2,14-7-3)15-8-4/h5-16H2,1-4H3. The molecular formula is C16H36BrP. The molecule has 0 unspecified atom stereocenters. The average Bonchev–Trinajstić information content (AvgIpc) is 2.30. The van der Waals surface area contributed by atoms with Crippen molar-refractivity contribution < 1.29 is 0 Å². The molecule has 0 aromatic carbocycles. The maximum absolute atomic E-state index is 4.37. The number of hydrogen-bond acceptors (Lipinski definition) is 0. The van der Waals surface area contributed by atoms with Crippen molar-refractivity contribution in [3.8, 4) is 0 Å². The quantitative estimate of drug-likeness (QED) is 0.264. The van der Waals surface area contributed by atoms with E-state index < -0.39 is 5.31 Å². The van der Waals surface area contributed by atoms with Crippen molar-refractivity contribution in [3.63, 3.8) is 0 Å². The molecule has 0 aromatic rings. The molecule has 0 spiro atoms. The van der Waals surface area contributed by atoms with Crippen LogP contribution in [-0.2, 0) is 0 Å². The van der Waals surface area contributed by atoms with Gasteiger partial charge < -0.3 is 0 Å². The van der Waals surface area contributed by atoms with E-state index in [1.165, 1.54) is 76.0 Å². The Morgan fingerprint density at radius 1 is 0.556 bits per heavy atom. The molecule has 0 N–H and O–H groups in total. The summed E-state index contributed by atoms with van der Waals surface area (Å²) in [5, 5.41) is -1.52. The van der Waals surface area contributed by atoms with Crippen molar-refractivity contribution in [1.29, 1.82) is 0 Å². The van der Waals surface area contributed by atoms with Gasteiger partial charge in [0.25, 0.3) is 0 Å². The van der Waals surface area contributed by atoms with Crippen LogP contribution in [0.1, 0.15) is 79.1 Å². The number of rotatable bonds is 12. The topological polar surface area (TPSA) is 0 Å². The molecule has 0 radical (unpaired) electrons. The third-order valence-electron chi connectivity index (χ3n) is 4.17. The van der Waals surface area contributed by atoms with Crippen LogP contribution in [0.3, 0.4) is 0 Å². The van der Waals surface area contributed by atoms with Crippen molar-refractivity contribution in [2.75, 3.05) is 24.6 Å². The first-order chi connectivity index (χ1) is 8.54. The van der Waals surface area contributed by atoms with Gasteiger partial charge in [0, 0.05) is 0 Å². The number of halogens is 1. The van der Waals surface area contributed by atoms with Crippen molar-refractivity contribution in [1.82, 2.24) is 0 Å². The van der Waals surface area contributed by atoms with Crippen molar-refractivity contribution in [2.24, 2.45) is 0 Å². The first-order valence-electron chi connectivity index (χ1n) is 8.26. The number of hydrogen-bond donors (Lipinski definition) is 0. The molecule has 0 bridgehead atoms. The van der Waals surface area contributed by atoms with Crippen LogP contribution in [0.25, 0.3) is 0 Å². The molecule has 0 aliphatic rings. The Labute approximate surface area is 124 Å². The van der Waals surface area contributed by atoms with Gasteiger partial charge in [-0.3, -0.25) is 0 Å². The Hall–Kier alpha value is 0.910. The summed E-state index contributed by atoms with van der Waals surface area (Å²) in [4.78, 5) is 0. The first kappa shape index (κ1) is 18.9. The Morgan fingerprint density at radius 2 is 1.00 bits per heavy atom. The van der Waals surface area contributed by atoms with Crippen LogP contribution in [-0.4, -0.2) is 24.6 Å². The van der Waals surface area contributed by atoms with Gasteiger partial charge >= 0.3 is 125 Å². The molecule has 0 amide bonds. The van der Waals surface area contributed by atoms with Gasteiger partial charge in [-0.25, -0.2) is 0 Å². The van der Waals surface area contributed by atoms with Gasteiger partial charge in [-0.2, -0.15) is 0 Å². The zero-order valence-electron chi connectivity index (χ0n) is 13.3. The Balaban J connectivity index is 4.42. The molecule has 0 aliphatic heterocycles. The molecular weight excluding hydrogens is 303 g/mol. The second kappa shape index (κ2) is 9.76. The van der Waals surface area contributed by atoms with Crippen molar-refractivity contribution in [3.05, 3.63) is 0 Å². The van der Waals surface area contributed by atoms with Crippen molar-refractivity contribution >= 4 is 20.8 Å². The Kier molecular flexibility index (Phi) is 10.3. The minimum atomic E-state index is -1.52. The van der Waals surface area contributed by atoms with Crippen LogP contribution in [0.4, 0.5) is 0 Å². The molecule has 0 saturated carbocycles. The third-order valence-corrected chi connectivity index (χ3v) is 14.6. The molecule has 112 valence electrons. The summed E-state index contributed by atoms with van der Waals surface area (Å²) in [7, 11) is 0. The van der Waals surface area contributed by atoms with E-state index in [2.05, 4.69) is 43.2 Å². The first-order valence-corrected chi connectivity index (χ1v) is 13.3. The summed E-state index contributed by atoms with van der Waals surface area (Å²) in [6.07, 6.45) is 17.1. The van der Waals surface area contributed by atoms with Crippen LogP contribution in [0.2, 0.25) is 0 Å². The molecule has 0 aliphatic carbocycles. The summed E-state index contributed by atoms with van der Waals surface area (Å²) in [6.45, 7) is 9.40. The predicted octanol–water partition coefficient (Wildman–Crippen LogP) is 7.05. The van der Waals surface area contributed by atoms with Crippen LogP contribution < -0.4 is 0 Å². The SMILES string of the molecule is CCCCCCCP(Br)(CCC)(CCC)CCC. The molecule has 0 rings (SSSR count). The average molecular weight is 339 g/mol. The normalized spacial score (nSPS) is 14.4. The molecule has 0 saturated heterocycles. The minimum absolute atomic E-state index is 1.36. The van der Waals surface area contributed by atoms with E-state index in [1.54, 1.807) is 0 Å². The summed E-state index contributed by atoms with van der Waals surface area (Å²) in [5.74, 6) is 0. The van der Waals surface area contributed by atoms with Gasteiger partial charge in [0.15, 0.2) is 0 Å². The number of unbranched alkanes of at least 4 members (excludes halogenated alkanes) is 4. The fraction of sp³-hybridized carbons (Fsp3) is 1.00. The van der Waals surface area contributed by atoms with Crippen molar-refractivity contribution in [2.45, 2.75) is 79.1 Å². The summed E-state index contributed by atoms with van der Waals surface area (Å²) in [5.41, 5.74) is 0. The molecule has 0 fully saturated rings. The van der Waals surface area contributed by atoms with Gasteiger partial charge in [0.1, 0.15) is 0 Å². The zero-order valence-corrected chi connectivity index (χ0v) is 15.8. The molecule has 0 nitrogen and oxygen atoms in total. The molecule has 0 aromatic heterocycles. The van der Waals surface area contributed by atoms with E-state index in [1.807, 2.05) is 0 Å². The second-order valence-corrected chi connectivity index (χ2v) is 17.6. The fourth-order valence-electron chi connectivity index (χ4n) is 3.46. The van der Waals surface area contributed by atoms with E-state index in [-0.39, 0.29) is 0 Å². The van der Waals surface area contributed by atoms with Gasteiger partial charge in [-0.15, -0.1) is 0 Å². The van der Waals surface area contributed by atoms with E-state index in [0.29, 0.717) is 0 Å². The van der Waals surface area contributed by atoms with E-state index in [0.717, 1.165) is 0 Å². The van der Waals surface area contributed by atoms with Crippen LogP contribution in [0, 0.1) is 0 Å². The van der Waals surface area contributed by atoms with Gasteiger partial charge in [0.2, 0.25) is 0 Å². The summed E-state index contributed by atoms with van der Waals surface area (Å²) < 4.78 is 0. The monoisotopic (exact) mass is 338 g/mol. The van der Waals surface area contributed by atoms with Gasteiger partial charge in [-0.05, 0) is 0 Å². The van der Waals surface area contributed by atoms with Crippen LogP contribution in [0.15, 0.2) is 0 Å². The second-order valence-electron chi connectivity index (χ2n) is 6.13. The summed E-state index contributed by atoms with van der Waals surface area (Å²) in [6, 6.07) is 0. The molecule has 0 heterocycles. The van der Waals surface area contributed by atoms with E-state index in [4.69, 9.17) is 0 Å². The zero-order chi connectivity index (χ0) is 13.9. The van der Waals surface area contributed by atoms with E-state index >= 15 is 0 Å². The van der Waals surface area contributed by atoms with Gasteiger partial charge in [0.05, 0.1) is 0 Å². The molecule has 0 atom stereocenters. The fourth-order valence-corrected chi connectivity index (χ4v) is 13.1. The Morgan fingerprint density at radius 3 is 1.39 bits per heavy atom. The molecule has 2 heteroatoms. The van der Waals surface area contributed by atoms with Crippen LogP contribution in [0.5, 0.6) is 0 Å².